The fraction of sp³-hybridized carbons (Fsp3) is 0.370. The van der Waals surface area contributed by atoms with Gasteiger partial charge in [-0.3, -0.25) is 9.69 Å². The molecule has 6 heteroatoms. The number of imidazole rings is 1. The smallest absolute Gasteiger partial charge is 0.310 e. The molecular formula is C27H30N4O2. The Morgan fingerprint density at radius 1 is 1.12 bits per heavy atom. The van der Waals surface area contributed by atoms with Crippen molar-refractivity contribution in [2.24, 2.45) is 5.41 Å². The van der Waals surface area contributed by atoms with Crippen LogP contribution in [-0.2, 0) is 17.8 Å². The lowest BCUT2D eigenvalue weighted by molar-refractivity contribution is -0.152. The van der Waals surface area contributed by atoms with Gasteiger partial charge in [0, 0.05) is 12.7 Å². The van der Waals surface area contributed by atoms with Gasteiger partial charge in [0.2, 0.25) is 0 Å². The molecule has 1 fully saturated rings. The minimum atomic E-state index is -0.709. The van der Waals surface area contributed by atoms with Crippen molar-refractivity contribution in [3.63, 3.8) is 0 Å². The van der Waals surface area contributed by atoms with Crippen molar-refractivity contribution < 1.29 is 9.90 Å². The second kappa shape index (κ2) is 10.0. The van der Waals surface area contributed by atoms with Gasteiger partial charge in [0.05, 0.1) is 35.1 Å². The summed E-state index contributed by atoms with van der Waals surface area (Å²) in [5.74, 6) is -0.690. The fourth-order valence-corrected chi connectivity index (χ4v) is 4.99. The van der Waals surface area contributed by atoms with Crippen molar-refractivity contribution in [1.29, 1.82) is 5.26 Å². The molecule has 1 N–H and O–H groups in total. The van der Waals surface area contributed by atoms with Crippen LogP contribution >= 0.6 is 0 Å². The lowest BCUT2D eigenvalue weighted by Gasteiger charge is -2.42. The molecule has 1 atom stereocenters. The summed E-state index contributed by atoms with van der Waals surface area (Å²) in [6.07, 6.45) is 6.56. The molecule has 2 heterocycles. The molecular weight excluding hydrogens is 412 g/mol. The van der Waals surface area contributed by atoms with Gasteiger partial charge in [-0.25, -0.2) is 4.98 Å². The third-order valence-electron chi connectivity index (χ3n) is 6.94. The Kier molecular flexibility index (Phi) is 6.90. The predicted molar refractivity (Wildman–Crippen MR) is 127 cm³/mol. The highest BCUT2D eigenvalue weighted by Crippen LogP contribution is 2.39. The SMILES string of the molecule is CCC(c1cncn1Cc1ccc(C#N)cc1)N1CCC(Cc2ccccc2)(C(=O)O)CC1. The average Bonchev–Trinajstić information content (AvgIpc) is 3.29. The summed E-state index contributed by atoms with van der Waals surface area (Å²) in [6.45, 7) is 4.37. The zero-order chi connectivity index (χ0) is 23.3. The molecule has 6 nitrogen and oxygen atoms in total. The Morgan fingerprint density at radius 3 is 2.42 bits per heavy atom. The van der Waals surface area contributed by atoms with Gasteiger partial charge in [0.25, 0.3) is 0 Å². The first-order chi connectivity index (χ1) is 16.0. The lowest BCUT2D eigenvalue weighted by atomic mass is 9.73. The maximum atomic E-state index is 12.3. The first-order valence-electron chi connectivity index (χ1n) is 11.5. The highest BCUT2D eigenvalue weighted by atomic mass is 16.4. The van der Waals surface area contributed by atoms with Crippen molar-refractivity contribution in [1.82, 2.24) is 14.5 Å². The summed E-state index contributed by atoms with van der Waals surface area (Å²) in [5, 5.41) is 19.1. The molecule has 1 aliphatic rings. The number of carboxylic acids is 1. The van der Waals surface area contributed by atoms with Gasteiger partial charge in [-0.1, -0.05) is 49.4 Å². The lowest BCUT2D eigenvalue weighted by Crippen LogP contribution is -2.47. The summed E-state index contributed by atoms with van der Waals surface area (Å²) in [7, 11) is 0. The summed E-state index contributed by atoms with van der Waals surface area (Å²) in [4.78, 5) is 19.1. The minimum absolute atomic E-state index is 0.189. The van der Waals surface area contributed by atoms with Gasteiger partial charge in [0.15, 0.2) is 0 Å². The average molecular weight is 443 g/mol. The van der Waals surface area contributed by atoms with Crippen molar-refractivity contribution in [3.8, 4) is 6.07 Å². The van der Waals surface area contributed by atoms with E-state index in [2.05, 4.69) is 27.4 Å². The maximum Gasteiger partial charge on any atom is 0.310 e. The maximum absolute atomic E-state index is 12.3. The highest BCUT2D eigenvalue weighted by Gasteiger charge is 2.42. The first-order valence-corrected chi connectivity index (χ1v) is 11.5. The van der Waals surface area contributed by atoms with E-state index < -0.39 is 11.4 Å². The monoisotopic (exact) mass is 442 g/mol. The number of nitriles is 1. The number of hydrogen-bond acceptors (Lipinski definition) is 4. The number of aromatic nitrogens is 2. The predicted octanol–water partition coefficient (Wildman–Crippen LogP) is 4.66. The van der Waals surface area contributed by atoms with E-state index >= 15 is 0 Å². The van der Waals surface area contributed by atoms with Crippen LogP contribution in [0.1, 0.15) is 54.6 Å². The van der Waals surface area contributed by atoms with Crippen molar-refractivity contribution in [2.75, 3.05) is 13.1 Å². The Bertz CT molecular complexity index is 1110. The van der Waals surface area contributed by atoms with Gasteiger partial charge in [0.1, 0.15) is 0 Å². The summed E-state index contributed by atoms with van der Waals surface area (Å²) in [6, 6.07) is 19.9. The molecule has 4 rings (SSSR count). The van der Waals surface area contributed by atoms with Crippen LogP contribution in [0.5, 0.6) is 0 Å². The summed E-state index contributed by atoms with van der Waals surface area (Å²) < 4.78 is 2.17. The summed E-state index contributed by atoms with van der Waals surface area (Å²) in [5.41, 5.74) is 3.30. The second-order valence-electron chi connectivity index (χ2n) is 8.96. The van der Waals surface area contributed by atoms with E-state index in [9.17, 15) is 9.90 Å². The number of likely N-dealkylation sites (tertiary alicyclic amines) is 1. The Morgan fingerprint density at radius 2 is 1.82 bits per heavy atom. The van der Waals surface area contributed by atoms with E-state index in [4.69, 9.17) is 5.26 Å². The number of rotatable bonds is 8. The molecule has 1 aromatic heterocycles. The third kappa shape index (κ3) is 4.99. The molecule has 3 aromatic rings. The molecule has 0 radical (unpaired) electrons. The number of nitrogens with zero attached hydrogens (tertiary/aromatic N) is 4. The number of carboxylic acid groups (broad SMARTS) is 1. The van der Waals surface area contributed by atoms with E-state index in [0.717, 1.165) is 36.3 Å². The first kappa shape index (κ1) is 22.8. The molecule has 1 aliphatic heterocycles. The van der Waals surface area contributed by atoms with Crippen molar-refractivity contribution >= 4 is 5.97 Å². The molecule has 0 saturated carbocycles. The standard InChI is InChI=1S/C27H30N4O2/c1-2-24(25-18-29-20-31(25)19-23-10-8-22(17-28)9-11-23)30-14-12-27(13-15-30,26(32)33)16-21-6-4-3-5-7-21/h3-11,18,20,24H,2,12-16,19H2,1H3,(H,32,33). The topological polar surface area (TPSA) is 82.2 Å². The zero-order valence-corrected chi connectivity index (χ0v) is 19.0. The Hall–Kier alpha value is -3.43. The van der Waals surface area contributed by atoms with Crippen LogP contribution < -0.4 is 0 Å². The van der Waals surface area contributed by atoms with Crippen LogP contribution in [0.15, 0.2) is 67.1 Å². The number of carbonyl (C=O) groups is 1. The quantitative estimate of drug-likeness (QED) is 0.548. The van der Waals surface area contributed by atoms with Gasteiger partial charge in [-0.15, -0.1) is 0 Å². The molecule has 0 spiro atoms. The van der Waals surface area contributed by atoms with Crippen LogP contribution in [0.2, 0.25) is 0 Å². The minimum Gasteiger partial charge on any atom is -0.481 e. The summed E-state index contributed by atoms with van der Waals surface area (Å²) >= 11 is 0. The molecule has 170 valence electrons. The third-order valence-corrected chi connectivity index (χ3v) is 6.94. The van der Waals surface area contributed by atoms with Gasteiger partial charge >= 0.3 is 5.97 Å². The largest absolute Gasteiger partial charge is 0.481 e. The van der Waals surface area contributed by atoms with Crippen LogP contribution in [0, 0.1) is 16.7 Å². The number of hydrogen-bond donors (Lipinski definition) is 1. The normalized spacial score (nSPS) is 16.7. The molecule has 33 heavy (non-hydrogen) atoms. The van der Waals surface area contributed by atoms with Gasteiger partial charge < -0.3 is 9.67 Å². The molecule has 1 unspecified atom stereocenters. The van der Waals surface area contributed by atoms with Gasteiger partial charge in [-0.2, -0.15) is 5.26 Å². The van der Waals surface area contributed by atoms with Crippen LogP contribution in [0.3, 0.4) is 0 Å². The molecule has 0 bridgehead atoms. The highest BCUT2D eigenvalue weighted by molar-refractivity contribution is 5.75. The molecule has 2 aromatic carbocycles. The zero-order valence-electron chi connectivity index (χ0n) is 19.0. The van der Waals surface area contributed by atoms with Crippen molar-refractivity contribution in [3.05, 3.63) is 89.5 Å². The molecule has 0 amide bonds. The van der Waals surface area contributed by atoms with Crippen LogP contribution in [0.4, 0.5) is 0 Å². The van der Waals surface area contributed by atoms with Crippen LogP contribution in [0.25, 0.3) is 0 Å². The van der Waals surface area contributed by atoms with Gasteiger partial charge in [-0.05, 0) is 62.0 Å². The number of benzene rings is 2. The second-order valence-corrected chi connectivity index (χ2v) is 8.96. The van der Waals surface area contributed by atoms with Crippen LogP contribution in [-0.4, -0.2) is 38.6 Å². The Balaban J connectivity index is 1.48. The van der Waals surface area contributed by atoms with E-state index in [1.54, 1.807) is 0 Å². The molecule has 1 saturated heterocycles. The van der Waals surface area contributed by atoms with E-state index in [1.807, 2.05) is 67.1 Å². The Labute approximate surface area is 195 Å². The number of piperidine rings is 1. The molecule has 0 aliphatic carbocycles. The van der Waals surface area contributed by atoms with E-state index in [-0.39, 0.29) is 6.04 Å². The van der Waals surface area contributed by atoms with Crippen molar-refractivity contribution in [2.45, 2.75) is 45.2 Å². The number of aliphatic carboxylic acids is 1. The fourth-order valence-electron chi connectivity index (χ4n) is 4.99. The van der Waals surface area contributed by atoms with E-state index in [0.29, 0.717) is 31.4 Å². The van der Waals surface area contributed by atoms with E-state index in [1.165, 1.54) is 0 Å².